The molecule has 0 radical (unpaired) electrons. The molecular weight excluding hydrogens is 164 g/mol. The van der Waals surface area contributed by atoms with Crippen LogP contribution < -0.4 is 11.1 Å². The average molecular weight is 184 g/mol. The number of nitrogens with one attached hydrogen (secondary N) is 1. The first-order valence-corrected chi connectivity index (χ1v) is 5.28. The van der Waals surface area contributed by atoms with Gasteiger partial charge in [-0.05, 0) is 44.7 Å². The van der Waals surface area contributed by atoms with Crippen LogP contribution >= 0.6 is 0 Å². The molecule has 3 nitrogen and oxygen atoms in total. The minimum absolute atomic E-state index is 0.181. The van der Waals surface area contributed by atoms with Gasteiger partial charge in [-0.2, -0.15) is 0 Å². The van der Waals surface area contributed by atoms with Crippen LogP contribution in [0.1, 0.15) is 38.5 Å². The first-order valence-electron chi connectivity index (χ1n) is 5.28. The van der Waals surface area contributed by atoms with E-state index in [1.807, 2.05) is 0 Å². The maximum Gasteiger partial charge on any atom is 0.217 e. The molecule has 0 bridgehead atoms. The summed E-state index contributed by atoms with van der Waals surface area (Å²) in [5.74, 6) is 0.745. The van der Waals surface area contributed by atoms with Gasteiger partial charge in [-0.3, -0.25) is 4.79 Å². The molecule has 0 aromatic rings. The Hall–Kier alpha value is -0.570. The molecule has 0 spiro atoms. The summed E-state index contributed by atoms with van der Waals surface area (Å²) >= 11 is 0. The first-order chi connectivity index (χ1) is 6.29. The lowest BCUT2D eigenvalue weighted by Gasteiger charge is -2.25. The van der Waals surface area contributed by atoms with Crippen molar-refractivity contribution in [2.24, 2.45) is 11.7 Å². The third-order valence-electron chi connectivity index (χ3n) is 2.68. The van der Waals surface area contributed by atoms with Crippen molar-refractivity contribution >= 4 is 5.91 Å². The van der Waals surface area contributed by atoms with E-state index in [4.69, 9.17) is 5.73 Å². The molecule has 3 N–H and O–H groups in total. The topological polar surface area (TPSA) is 55.1 Å². The van der Waals surface area contributed by atoms with Gasteiger partial charge in [0.25, 0.3) is 0 Å². The van der Waals surface area contributed by atoms with Gasteiger partial charge >= 0.3 is 0 Å². The van der Waals surface area contributed by atoms with Crippen LogP contribution in [0.15, 0.2) is 0 Å². The van der Waals surface area contributed by atoms with Crippen molar-refractivity contribution < 1.29 is 4.79 Å². The molecule has 0 saturated heterocycles. The number of hydrogen-bond donors (Lipinski definition) is 2. The summed E-state index contributed by atoms with van der Waals surface area (Å²) in [4.78, 5) is 10.4. The van der Waals surface area contributed by atoms with Gasteiger partial charge in [0.1, 0.15) is 0 Å². The quantitative estimate of drug-likeness (QED) is 0.581. The molecule has 0 atom stereocenters. The Morgan fingerprint density at radius 1 is 1.38 bits per heavy atom. The molecule has 1 amide bonds. The number of unbranched alkanes of at least 4 members (excludes halogenated alkanes) is 1. The molecule has 1 rings (SSSR count). The number of nitrogens with two attached hydrogens (primary N) is 1. The summed E-state index contributed by atoms with van der Waals surface area (Å²) in [6.07, 6.45) is 6.73. The standard InChI is InChI=1S/C10H20N2O/c11-10(13)6-1-2-7-12-8-9-4-3-5-9/h9,12H,1-8H2,(H2,11,13). The SMILES string of the molecule is NC(=O)CCCCNCC1CCC1. The molecule has 0 aliphatic heterocycles. The molecule has 13 heavy (non-hydrogen) atoms. The predicted molar refractivity (Wildman–Crippen MR) is 53.3 cm³/mol. The first kappa shape index (κ1) is 10.5. The number of amides is 1. The molecule has 0 aromatic heterocycles. The molecular formula is C10H20N2O. The Morgan fingerprint density at radius 2 is 2.15 bits per heavy atom. The molecule has 0 aromatic carbocycles. The fraction of sp³-hybridized carbons (Fsp3) is 0.900. The van der Waals surface area contributed by atoms with E-state index < -0.39 is 0 Å². The Balaban J connectivity index is 1.75. The summed E-state index contributed by atoms with van der Waals surface area (Å²) in [5.41, 5.74) is 5.03. The van der Waals surface area contributed by atoms with E-state index >= 15 is 0 Å². The highest BCUT2D eigenvalue weighted by Gasteiger charge is 2.15. The van der Waals surface area contributed by atoms with E-state index in [1.165, 1.54) is 19.3 Å². The molecule has 0 unspecified atom stereocenters. The maximum absolute atomic E-state index is 10.4. The Labute approximate surface area is 80.1 Å². The van der Waals surface area contributed by atoms with Gasteiger partial charge in [0.2, 0.25) is 5.91 Å². The highest BCUT2D eigenvalue weighted by molar-refractivity contribution is 5.73. The van der Waals surface area contributed by atoms with Crippen LogP contribution in [0.2, 0.25) is 0 Å². The summed E-state index contributed by atoms with van der Waals surface area (Å²) in [7, 11) is 0. The second kappa shape index (κ2) is 5.97. The fourth-order valence-corrected chi connectivity index (χ4v) is 1.55. The average Bonchev–Trinajstić information content (AvgIpc) is 1.99. The number of carbonyl (C=O) groups is 1. The second-order valence-corrected chi connectivity index (χ2v) is 3.92. The van der Waals surface area contributed by atoms with Gasteiger partial charge in [0.15, 0.2) is 0 Å². The van der Waals surface area contributed by atoms with Gasteiger partial charge < -0.3 is 11.1 Å². The summed E-state index contributed by atoms with van der Waals surface area (Å²) < 4.78 is 0. The Kier molecular flexibility index (Phi) is 4.83. The van der Waals surface area contributed by atoms with Crippen LogP contribution in [0, 0.1) is 5.92 Å². The zero-order valence-corrected chi connectivity index (χ0v) is 8.22. The predicted octanol–water partition coefficient (Wildman–Crippen LogP) is 1.03. The van der Waals surface area contributed by atoms with E-state index in [-0.39, 0.29) is 5.91 Å². The lowest BCUT2D eigenvalue weighted by molar-refractivity contribution is -0.118. The van der Waals surface area contributed by atoms with Crippen LogP contribution in [0.3, 0.4) is 0 Å². The van der Waals surface area contributed by atoms with Gasteiger partial charge in [0, 0.05) is 6.42 Å². The minimum Gasteiger partial charge on any atom is -0.370 e. The van der Waals surface area contributed by atoms with Crippen LogP contribution in [0.25, 0.3) is 0 Å². The molecule has 1 saturated carbocycles. The zero-order valence-electron chi connectivity index (χ0n) is 8.22. The zero-order chi connectivity index (χ0) is 9.52. The highest BCUT2D eigenvalue weighted by Crippen LogP contribution is 2.24. The largest absolute Gasteiger partial charge is 0.370 e. The van der Waals surface area contributed by atoms with Crippen LogP contribution in [-0.2, 0) is 4.79 Å². The Bertz CT molecular complexity index is 155. The van der Waals surface area contributed by atoms with Crippen molar-refractivity contribution in [3.05, 3.63) is 0 Å². The normalized spacial score (nSPS) is 16.9. The second-order valence-electron chi connectivity index (χ2n) is 3.92. The van der Waals surface area contributed by atoms with E-state index in [0.717, 1.165) is 31.8 Å². The number of rotatable bonds is 7. The van der Waals surface area contributed by atoms with Crippen molar-refractivity contribution in [1.29, 1.82) is 0 Å². The maximum atomic E-state index is 10.4. The molecule has 1 aliphatic rings. The summed E-state index contributed by atoms with van der Waals surface area (Å²) in [6.45, 7) is 2.19. The van der Waals surface area contributed by atoms with Crippen molar-refractivity contribution in [2.75, 3.05) is 13.1 Å². The van der Waals surface area contributed by atoms with Gasteiger partial charge in [-0.1, -0.05) is 6.42 Å². The molecule has 1 aliphatic carbocycles. The Morgan fingerprint density at radius 3 is 2.69 bits per heavy atom. The number of hydrogen-bond acceptors (Lipinski definition) is 2. The van der Waals surface area contributed by atoms with Gasteiger partial charge in [-0.25, -0.2) is 0 Å². The van der Waals surface area contributed by atoms with Crippen LogP contribution in [0.4, 0.5) is 0 Å². The van der Waals surface area contributed by atoms with Crippen LogP contribution in [0.5, 0.6) is 0 Å². The van der Waals surface area contributed by atoms with Crippen molar-refractivity contribution in [3.63, 3.8) is 0 Å². The van der Waals surface area contributed by atoms with E-state index in [0.29, 0.717) is 6.42 Å². The monoisotopic (exact) mass is 184 g/mol. The third-order valence-corrected chi connectivity index (χ3v) is 2.68. The summed E-state index contributed by atoms with van der Waals surface area (Å²) in [5, 5.41) is 3.41. The van der Waals surface area contributed by atoms with Crippen molar-refractivity contribution in [2.45, 2.75) is 38.5 Å². The molecule has 0 heterocycles. The lowest BCUT2D eigenvalue weighted by Crippen LogP contribution is -2.28. The number of primary amides is 1. The lowest BCUT2D eigenvalue weighted by atomic mass is 9.85. The fourth-order valence-electron chi connectivity index (χ4n) is 1.55. The molecule has 1 fully saturated rings. The number of carbonyl (C=O) groups excluding carboxylic acids is 1. The summed E-state index contributed by atoms with van der Waals surface area (Å²) in [6, 6.07) is 0. The van der Waals surface area contributed by atoms with E-state index in [2.05, 4.69) is 5.32 Å². The highest BCUT2D eigenvalue weighted by atomic mass is 16.1. The smallest absolute Gasteiger partial charge is 0.217 e. The van der Waals surface area contributed by atoms with Crippen molar-refractivity contribution in [3.8, 4) is 0 Å². The van der Waals surface area contributed by atoms with Gasteiger partial charge in [0.05, 0.1) is 0 Å². The van der Waals surface area contributed by atoms with Crippen LogP contribution in [-0.4, -0.2) is 19.0 Å². The third kappa shape index (κ3) is 4.88. The minimum atomic E-state index is -0.181. The van der Waals surface area contributed by atoms with Gasteiger partial charge in [-0.15, -0.1) is 0 Å². The molecule has 76 valence electrons. The van der Waals surface area contributed by atoms with E-state index in [1.54, 1.807) is 0 Å². The molecule has 3 heteroatoms. The van der Waals surface area contributed by atoms with E-state index in [9.17, 15) is 4.79 Å². The van der Waals surface area contributed by atoms with Crippen molar-refractivity contribution in [1.82, 2.24) is 5.32 Å².